The predicted molar refractivity (Wildman–Crippen MR) is 206 cm³/mol. The van der Waals surface area contributed by atoms with E-state index in [1.807, 2.05) is 48.5 Å². The highest BCUT2D eigenvalue weighted by Crippen LogP contribution is 2.21. The molecule has 0 aliphatic heterocycles. The van der Waals surface area contributed by atoms with E-state index in [0.29, 0.717) is 24.2 Å². The van der Waals surface area contributed by atoms with E-state index in [4.69, 9.17) is 0 Å². The van der Waals surface area contributed by atoms with E-state index in [2.05, 4.69) is 48.4 Å². The van der Waals surface area contributed by atoms with E-state index in [1.54, 1.807) is 0 Å². The van der Waals surface area contributed by atoms with Crippen LogP contribution in [0.4, 0.5) is 0 Å². The summed E-state index contributed by atoms with van der Waals surface area (Å²) in [6.07, 6.45) is 23.4. The zero-order valence-electron chi connectivity index (χ0n) is 31.3. The predicted octanol–water partition coefficient (Wildman–Crippen LogP) is 9.74. The van der Waals surface area contributed by atoms with Gasteiger partial charge in [-0.2, -0.15) is 0 Å². The number of carbonyl (C=O) groups excluding carboxylic acids is 2. The number of hydrogen-bond acceptors (Lipinski definition) is 4. The Kier molecular flexibility index (Phi) is 23.5. The average molecular weight is 663 g/mol. The summed E-state index contributed by atoms with van der Waals surface area (Å²) in [5, 5.41) is 6.14. The number of hydrogen-bond donors (Lipinski definition) is 2. The molecule has 0 unspecified atom stereocenters. The Morgan fingerprint density at radius 1 is 0.438 bits per heavy atom. The molecule has 0 aromatic heterocycles. The van der Waals surface area contributed by atoms with Crippen molar-refractivity contribution in [1.29, 1.82) is 0 Å². The summed E-state index contributed by atoms with van der Waals surface area (Å²) in [5.41, 5.74) is 3.40. The fourth-order valence-electron chi connectivity index (χ4n) is 6.19. The summed E-state index contributed by atoms with van der Waals surface area (Å²) < 4.78 is 0. The van der Waals surface area contributed by atoms with Crippen molar-refractivity contribution in [3.63, 3.8) is 0 Å². The molecule has 2 aromatic rings. The fraction of sp³-hybridized carbons (Fsp3) is 0.667. The van der Waals surface area contributed by atoms with Crippen molar-refractivity contribution in [2.45, 2.75) is 129 Å². The van der Waals surface area contributed by atoms with Gasteiger partial charge >= 0.3 is 0 Å². The molecule has 0 bridgehead atoms. The van der Waals surface area contributed by atoms with Crippen molar-refractivity contribution in [2.24, 2.45) is 0 Å². The van der Waals surface area contributed by atoms with Crippen molar-refractivity contribution in [1.82, 2.24) is 20.4 Å². The largest absolute Gasteiger partial charge is 0.352 e. The lowest BCUT2D eigenvalue weighted by Gasteiger charge is -2.16. The summed E-state index contributed by atoms with van der Waals surface area (Å²) in [4.78, 5) is 30.1. The van der Waals surface area contributed by atoms with Crippen LogP contribution >= 0.6 is 0 Å². The van der Waals surface area contributed by atoms with Gasteiger partial charge in [-0.05, 0) is 101 Å². The zero-order valence-corrected chi connectivity index (χ0v) is 31.3. The SMILES string of the molecule is CCCCCCCCCCN(C)CCCNC(=O)c1ccc(-c2ccc(C(=O)NCCCN(C)CCCCCCCCCC)cc2)cc1. The van der Waals surface area contributed by atoms with Crippen molar-refractivity contribution in [3.05, 3.63) is 59.7 Å². The third kappa shape index (κ3) is 19.3. The normalized spacial score (nSPS) is 11.4. The van der Waals surface area contributed by atoms with Gasteiger partial charge in [-0.3, -0.25) is 9.59 Å². The van der Waals surface area contributed by atoms with E-state index in [9.17, 15) is 9.59 Å². The van der Waals surface area contributed by atoms with E-state index < -0.39 is 0 Å². The molecule has 0 heterocycles. The highest BCUT2D eigenvalue weighted by atomic mass is 16.2. The molecule has 0 radical (unpaired) electrons. The van der Waals surface area contributed by atoms with Crippen LogP contribution in [0.15, 0.2) is 48.5 Å². The van der Waals surface area contributed by atoms with Crippen LogP contribution in [0.2, 0.25) is 0 Å². The molecule has 0 saturated carbocycles. The van der Waals surface area contributed by atoms with Gasteiger partial charge in [-0.1, -0.05) is 128 Å². The molecule has 2 N–H and O–H groups in total. The first-order chi connectivity index (χ1) is 23.4. The van der Waals surface area contributed by atoms with Crippen LogP contribution < -0.4 is 10.6 Å². The molecule has 0 fully saturated rings. The Hall–Kier alpha value is -2.70. The van der Waals surface area contributed by atoms with Gasteiger partial charge in [-0.15, -0.1) is 0 Å². The van der Waals surface area contributed by atoms with E-state index in [1.165, 1.54) is 103 Å². The van der Waals surface area contributed by atoms with Gasteiger partial charge < -0.3 is 20.4 Å². The maximum Gasteiger partial charge on any atom is 0.251 e. The molecule has 48 heavy (non-hydrogen) atoms. The average Bonchev–Trinajstić information content (AvgIpc) is 3.10. The van der Waals surface area contributed by atoms with Gasteiger partial charge in [-0.25, -0.2) is 0 Å². The van der Waals surface area contributed by atoms with Gasteiger partial charge in [0.15, 0.2) is 0 Å². The minimum Gasteiger partial charge on any atom is -0.352 e. The number of rotatable bonds is 29. The number of benzene rings is 2. The van der Waals surface area contributed by atoms with Crippen LogP contribution in [0, 0.1) is 0 Å². The topological polar surface area (TPSA) is 64.7 Å². The van der Waals surface area contributed by atoms with E-state index in [0.717, 1.165) is 50.1 Å². The first-order valence-corrected chi connectivity index (χ1v) is 19.6. The van der Waals surface area contributed by atoms with Gasteiger partial charge in [0.05, 0.1) is 0 Å². The van der Waals surface area contributed by atoms with Crippen molar-refractivity contribution in [3.8, 4) is 11.1 Å². The minimum absolute atomic E-state index is 0.0290. The Morgan fingerprint density at radius 3 is 1.06 bits per heavy atom. The summed E-state index contributed by atoms with van der Waals surface area (Å²) >= 11 is 0. The van der Waals surface area contributed by atoms with Gasteiger partial charge in [0, 0.05) is 24.2 Å². The Balaban J connectivity index is 1.58. The Morgan fingerprint density at radius 2 is 0.729 bits per heavy atom. The molecule has 0 saturated heterocycles. The second kappa shape index (κ2) is 27.2. The Bertz CT molecular complexity index is 998. The van der Waals surface area contributed by atoms with Crippen LogP contribution in [-0.2, 0) is 0 Å². The van der Waals surface area contributed by atoms with Crippen LogP contribution in [0.1, 0.15) is 150 Å². The molecule has 0 atom stereocenters. The summed E-state index contributed by atoms with van der Waals surface area (Å²) in [5.74, 6) is -0.0580. The summed E-state index contributed by atoms with van der Waals surface area (Å²) in [7, 11) is 4.36. The maximum absolute atomic E-state index is 12.7. The number of nitrogens with one attached hydrogen (secondary N) is 2. The Labute approximate surface area is 294 Å². The molecule has 0 aliphatic rings. The van der Waals surface area contributed by atoms with Crippen LogP contribution in [0.3, 0.4) is 0 Å². The van der Waals surface area contributed by atoms with Gasteiger partial charge in [0.2, 0.25) is 0 Å². The van der Waals surface area contributed by atoms with Crippen LogP contribution in [0.5, 0.6) is 0 Å². The molecule has 0 aliphatic carbocycles. The third-order valence-corrected chi connectivity index (χ3v) is 9.42. The quantitative estimate of drug-likeness (QED) is 0.0852. The lowest BCUT2D eigenvalue weighted by Crippen LogP contribution is -2.28. The first kappa shape index (κ1) is 41.5. The van der Waals surface area contributed by atoms with Crippen molar-refractivity contribution < 1.29 is 9.59 Å². The molecule has 2 rings (SSSR count). The summed E-state index contributed by atoms with van der Waals surface area (Å²) in [6.45, 7) is 10.2. The van der Waals surface area contributed by atoms with Crippen molar-refractivity contribution >= 4 is 11.8 Å². The van der Waals surface area contributed by atoms with Crippen LogP contribution in [-0.4, -0.2) is 75.0 Å². The smallest absolute Gasteiger partial charge is 0.251 e. The molecular weight excluding hydrogens is 592 g/mol. The third-order valence-electron chi connectivity index (χ3n) is 9.42. The minimum atomic E-state index is -0.0290. The maximum atomic E-state index is 12.7. The van der Waals surface area contributed by atoms with Gasteiger partial charge in [0.1, 0.15) is 0 Å². The molecule has 6 nitrogen and oxygen atoms in total. The van der Waals surface area contributed by atoms with Crippen molar-refractivity contribution in [2.75, 3.05) is 53.4 Å². The molecule has 2 aromatic carbocycles. The molecule has 2 amide bonds. The molecule has 0 spiro atoms. The van der Waals surface area contributed by atoms with Crippen LogP contribution in [0.25, 0.3) is 11.1 Å². The number of amides is 2. The first-order valence-electron chi connectivity index (χ1n) is 19.6. The molecular formula is C42H70N4O2. The molecule has 6 heteroatoms. The standard InChI is InChI=1S/C42H70N4O2/c1-5-7-9-11-13-15-17-19-33-45(3)35-21-31-43-41(47)39-27-23-37(24-28-39)38-25-29-40(30-26-38)42(48)44-32-22-36-46(4)34-20-18-16-14-12-10-8-6-2/h23-30H,5-22,31-36H2,1-4H3,(H,43,47)(H,44,48). The number of unbranched alkanes of at least 4 members (excludes halogenated alkanes) is 14. The van der Waals surface area contributed by atoms with E-state index >= 15 is 0 Å². The van der Waals surface area contributed by atoms with Gasteiger partial charge in [0.25, 0.3) is 11.8 Å². The monoisotopic (exact) mass is 663 g/mol. The fourth-order valence-corrected chi connectivity index (χ4v) is 6.19. The molecule has 270 valence electrons. The second-order valence-electron chi connectivity index (χ2n) is 13.9. The second-order valence-corrected chi connectivity index (χ2v) is 13.9. The highest BCUT2D eigenvalue weighted by Gasteiger charge is 2.09. The van der Waals surface area contributed by atoms with E-state index in [-0.39, 0.29) is 11.8 Å². The lowest BCUT2D eigenvalue weighted by atomic mass is 10.0. The number of nitrogens with zero attached hydrogens (tertiary/aromatic N) is 2. The lowest BCUT2D eigenvalue weighted by molar-refractivity contribution is 0.0944. The zero-order chi connectivity index (χ0) is 34.7. The number of carbonyl (C=O) groups is 2. The highest BCUT2D eigenvalue weighted by molar-refractivity contribution is 5.95. The summed E-state index contributed by atoms with van der Waals surface area (Å²) in [6, 6.07) is 15.4.